The molecule has 0 saturated heterocycles. The summed E-state index contributed by atoms with van der Waals surface area (Å²) in [7, 11) is 0. The van der Waals surface area contributed by atoms with E-state index in [1.54, 1.807) is 6.20 Å². The first-order valence-corrected chi connectivity index (χ1v) is 6.42. The lowest BCUT2D eigenvalue weighted by atomic mass is 9.91. The highest BCUT2D eigenvalue weighted by Gasteiger charge is 2.31. The third-order valence-corrected chi connectivity index (χ3v) is 4.02. The van der Waals surface area contributed by atoms with Gasteiger partial charge in [-0.2, -0.15) is 0 Å². The van der Waals surface area contributed by atoms with Crippen LogP contribution in [0, 0.1) is 11.8 Å². The molecule has 0 bridgehead atoms. The number of hydrazine groups is 1. The summed E-state index contributed by atoms with van der Waals surface area (Å²) in [6, 6.07) is 4.08. The number of nitrogens with one attached hydrogen (secondary N) is 1. The zero-order valence-corrected chi connectivity index (χ0v) is 10.4. The van der Waals surface area contributed by atoms with E-state index in [1.165, 1.54) is 25.7 Å². The Bertz CT molecular complexity index is 366. The van der Waals surface area contributed by atoms with Crippen molar-refractivity contribution in [3.63, 3.8) is 0 Å². The monoisotopic (exact) mass is 234 g/mol. The Morgan fingerprint density at radius 3 is 2.94 bits per heavy atom. The molecule has 1 saturated carbocycles. The molecule has 0 spiro atoms. The number of hydrogen-bond acceptors (Lipinski definition) is 4. The number of pyridine rings is 1. The Hall–Kier alpha value is -1.13. The normalized spacial score (nSPS) is 26.0. The molecule has 1 aliphatic carbocycles. The highest BCUT2D eigenvalue weighted by Crippen LogP contribution is 2.40. The highest BCUT2D eigenvalue weighted by atomic mass is 15.2. The quantitative estimate of drug-likeness (QED) is 0.550. The maximum absolute atomic E-state index is 5.93. The summed E-state index contributed by atoms with van der Waals surface area (Å²) in [5.74, 6) is 7.72. The molecular formula is C13H22N4. The van der Waals surface area contributed by atoms with Gasteiger partial charge in [0.15, 0.2) is 0 Å². The van der Waals surface area contributed by atoms with Gasteiger partial charge in [-0.25, -0.2) is 4.98 Å². The highest BCUT2D eigenvalue weighted by molar-refractivity contribution is 5.41. The minimum Gasteiger partial charge on any atom is -0.383 e. The Labute approximate surface area is 103 Å². The van der Waals surface area contributed by atoms with Crippen molar-refractivity contribution in [3.05, 3.63) is 23.9 Å². The molecule has 1 aliphatic rings. The van der Waals surface area contributed by atoms with E-state index in [-0.39, 0.29) is 6.04 Å². The summed E-state index contributed by atoms with van der Waals surface area (Å²) in [6.07, 6.45) is 6.74. The Morgan fingerprint density at radius 2 is 2.35 bits per heavy atom. The molecule has 1 aromatic heterocycles. The van der Waals surface area contributed by atoms with Gasteiger partial charge in [-0.15, -0.1) is 0 Å². The van der Waals surface area contributed by atoms with Crippen LogP contribution in [-0.4, -0.2) is 4.98 Å². The lowest BCUT2D eigenvalue weighted by molar-refractivity contribution is 0.358. The second-order valence-electron chi connectivity index (χ2n) is 4.97. The van der Waals surface area contributed by atoms with Crippen LogP contribution in [0.1, 0.15) is 44.2 Å². The van der Waals surface area contributed by atoms with Crippen molar-refractivity contribution >= 4 is 5.82 Å². The number of anilines is 1. The van der Waals surface area contributed by atoms with Crippen molar-refractivity contribution in [2.24, 2.45) is 17.7 Å². The minimum absolute atomic E-state index is 0.139. The van der Waals surface area contributed by atoms with E-state index in [0.29, 0.717) is 11.7 Å². The van der Waals surface area contributed by atoms with Crippen LogP contribution in [0.25, 0.3) is 0 Å². The van der Waals surface area contributed by atoms with E-state index in [4.69, 9.17) is 11.6 Å². The van der Waals surface area contributed by atoms with E-state index in [9.17, 15) is 0 Å². The number of nitrogens with two attached hydrogens (primary N) is 2. The van der Waals surface area contributed by atoms with E-state index >= 15 is 0 Å². The third kappa shape index (κ3) is 2.58. The molecule has 3 atom stereocenters. The van der Waals surface area contributed by atoms with Crippen molar-refractivity contribution in [2.75, 3.05) is 5.73 Å². The number of nitrogen functional groups attached to an aromatic ring is 1. The Kier molecular flexibility index (Phi) is 3.97. The first-order chi connectivity index (χ1) is 8.26. The zero-order chi connectivity index (χ0) is 12.3. The molecule has 5 N–H and O–H groups in total. The van der Waals surface area contributed by atoms with Gasteiger partial charge in [0.05, 0.1) is 6.04 Å². The summed E-state index contributed by atoms with van der Waals surface area (Å²) in [4.78, 5) is 4.14. The lowest BCUT2D eigenvalue weighted by Crippen LogP contribution is -2.33. The first-order valence-electron chi connectivity index (χ1n) is 6.42. The molecular weight excluding hydrogens is 212 g/mol. The minimum atomic E-state index is 0.139. The third-order valence-electron chi connectivity index (χ3n) is 4.02. The van der Waals surface area contributed by atoms with Crippen LogP contribution < -0.4 is 17.0 Å². The van der Waals surface area contributed by atoms with Crippen molar-refractivity contribution in [2.45, 2.75) is 38.6 Å². The first kappa shape index (κ1) is 12.3. The summed E-state index contributed by atoms with van der Waals surface area (Å²) in [6.45, 7) is 2.26. The van der Waals surface area contributed by atoms with Crippen molar-refractivity contribution in [1.82, 2.24) is 10.4 Å². The molecule has 1 aromatic rings. The van der Waals surface area contributed by atoms with Crippen LogP contribution in [-0.2, 0) is 0 Å². The van der Waals surface area contributed by atoms with Gasteiger partial charge < -0.3 is 5.73 Å². The average molecular weight is 234 g/mol. The predicted molar refractivity (Wildman–Crippen MR) is 69.8 cm³/mol. The molecule has 0 radical (unpaired) electrons. The van der Waals surface area contributed by atoms with E-state index in [0.717, 1.165) is 11.5 Å². The van der Waals surface area contributed by atoms with Gasteiger partial charge in [-0.1, -0.05) is 25.8 Å². The van der Waals surface area contributed by atoms with Crippen LogP contribution in [0.3, 0.4) is 0 Å². The molecule has 1 heterocycles. The van der Waals surface area contributed by atoms with Gasteiger partial charge in [0, 0.05) is 11.8 Å². The fourth-order valence-electron chi connectivity index (χ4n) is 2.96. The maximum Gasteiger partial charge on any atom is 0.128 e. The van der Waals surface area contributed by atoms with Crippen LogP contribution in [0.5, 0.6) is 0 Å². The fourth-order valence-corrected chi connectivity index (χ4v) is 2.96. The second kappa shape index (κ2) is 5.47. The maximum atomic E-state index is 5.93. The molecule has 4 nitrogen and oxygen atoms in total. The molecule has 0 aromatic carbocycles. The van der Waals surface area contributed by atoms with Crippen LogP contribution in [0.2, 0.25) is 0 Å². The van der Waals surface area contributed by atoms with E-state index in [2.05, 4.69) is 17.3 Å². The molecule has 0 aliphatic heterocycles. The lowest BCUT2D eigenvalue weighted by Gasteiger charge is -2.24. The largest absolute Gasteiger partial charge is 0.383 e. The number of hydrogen-bond donors (Lipinski definition) is 3. The number of nitrogens with zero attached hydrogens (tertiary/aromatic N) is 1. The smallest absolute Gasteiger partial charge is 0.128 e. The molecule has 17 heavy (non-hydrogen) atoms. The standard InChI is InChI=1S/C13H22N4/c1-2-9-5-6-10(8-9)12(17-15)11-4-3-7-16-13(11)14/h3-4,7,9-10,12,17H,2,5-6,8,15H2,1H3,(H2,14,16). The van der Waals surface area contributed by atoms with Crippen molar-refractivity contribution < 1.29 is 0 Å². The van der Waals surface area contributed by atoms with Crippen LogP contribution >= 0.6 is 0 Å². The van der Waals surface area contributed by atoms with Gasteiger partial charge in [0.1, 0.15) is 5.82 Å². The van der Waals surface area contributed by atoms with Gasteiger partial charge in [0.25, 0.3) is 0 Å². The second-order valence-corrected chi connectivity index (χ2v) is 4.97. The summed E-state index contributed by atoms with van der Waals surface area (Å²) in [5, 5.41) is 0. The zero-order valence-electron chi connectivity index (χ0n) is 10.4. The van der Waals surface area contributed by atoms with Gasteiger partial charge in [-0.3, -0.25) is 11.3 Å². The molecule has 4 heteroatoms. The fraction of sp³-hybridized carbons (Fsp3) is 0.615. The summed E-state index contributed by atoms with van der Waals surface area (Å²) >= 11 is 0. The molecule has 0 amide bonds. The summed E-state index contributed by atoms with van der Waals surface area (Å²) < 4.78 is 0. The van der Waals surface area contributed by atoms with Gasteiger partial charge in [-0.05, 0) is 30.7 Å². The van der Waals surface area contributed by atoms with Crippen LogP contribution in [0.15, 0.2) is 18.3 Å². The Morgan fingerprint density at radius 1 is 1.53 bits per heavy atom. The van der Waals surface area contributed by atoms with Crippen LogP contribution in [0.4, 0.5) is 5.82 Å². The van der Waals surface area contributed by atoms with Gasteiger partial charge >= 0.3 is 0 Å². The van der Waals surface area contributed by atoms with Gasteiger partial charge in [0.2, 0.25) is 0 Å². The molecule has 3 unspecified atom stereocenters. The molecule has 1 fully saturated rings. The predicted octanol–water partition coefficient (Wildman–Crippen LogP) is 1.99. The SMILES string of the molecule is CCC1CCC(C(NN)c2cccnc2N)C1. The molecule has 2 rings (SSSR count). The molecule has 94 valence electrons. The van der Waals surface area contributed by atoms with Crippen molar-refractivity contribution in [1.29, 1.82) is 0 Å². The van der Waals surface area contributed by atoms with Crippen molar-refractivity contribution in [3.8, 4) is 0 Å². The van der Waals surface area contributed by atoms with E-state index in [1.807, 2.05) is 12.1 Å². The topological polar surface area (TPSA) is 77.0 Å². The Balaban J connectivity index is 2.15. The number of rotatable bonds is 4. The van der Waals surface area contributed by atoms with E-state index < -0.39 is 0 Å². The number of aromatic nitrogens is 1. The summed E-state index contributed by atoms with van der Waals surface area (Å²) in [5.41, 5.74) is 9.89. The average Bonchev–Trinajstić information content (AvgIpc) is 2.81.